The molecule has 1 atom stereocenters. The van der Waals surface area contributed by atoms with Gasteiger partial charge >= 0.3 is 12.1 Å². The molecule has 0 bridgehead atoms. The van der Waals surface area contributed by atoms with Crippen molar-refractivity contribution >= 4 is 12.1 Å². The van der Waals surface area contributed by atoms with Crippen molar-refractivity contribution in [2.24, 2.45) is 0 Å². The fraction of sp³-hybridized carbons (Fsp3) is 0.667. The van der Waals surface area contributed by atoms with Crippen molar-refractivity contribution in [2.75, 3.05) is 7.11 Å². The van der Waals surface area contributed by atoms with Crippen LogP contribution in [0.1, 0.15) is 33.6 Å². The highest BCUT2D eigenvalue weighted by Gasteiger charge is 2.25. The first-order valence-electron chi connectivity index (χ1n) is 5.58. The van der Waals surface area contributed by atoms with Gasteiger partial charge in [0, 0.05) is 11.6 Å². The maximum absolute atomic E-state index is 11.5. The summed E-state index contributed by atoms with van der Waals surface area (Å²) in [7, 11) is 1.35. The van der Waals surface area contributed by atoms with Crippen LogP contribution in [-0.4, -0.2) is 30.8 Å². The molecule has 0 aromatic carbocycles. The molecule has 0 aromatic rings. The lowest BCUT2D eigenvalue weighted by atomic mass is 10.2. The third kappa shape index (κ3) is 4.46. The monoisotopic (exact) mass is 241 g/mol. The number of ether oxygens (including phenoxy) is 2. The van der Waals surface area contributed by atoms with E-state index in [-0.39, 0.29) is 12.0 Å². The first kappa shape index (κ1) is 13.5. The second-order valence-electron chi connectivity index (χ2n) is 5.00. The van der Waals surface area contributed by atoms with Gasteiger partial charge in [0.05, 0.1) is 7.11 Å². The summed E-state index contributed by atoms with van der Waals surface area (Å²) in [6.45, 7) is 5.41. The Morgan fingerprint density at radius 3 is 2.59 bits per heavy atom. The minimum absolute atomic E-state index is 0.0843. The van der Waals surface area contributed by atoms with Crippen molar-refractivity contribution in [1.29, 1.82) is 0 Å². The molecule has 1 aliphatic carbocycles. The van der Waals surface area contributed by atoms with Crippen LogP contribution >= 0.6 is 0 Å². The highest BCUT2D eigenvalue weighted by molar-refractivity contribution is 5.89. The lowest BCUT2D eigenvalue weighted by Gasteiger charge is -2.21. The minimum Gasteiger partial charge on any atom is -0.466 e. The van der Waals surface area contributed by atoms with Gasteiger partial charge in [-0.3, -0.25) is 0 Å². The zero-order chi connectivity index (χ0) is 13.1. The number of nitrogens with one attached hydrogen (secondary N) is 1. The highest BCUT2D eigenvalue weighted by atomic mass is 16.6. The molecule has 5 nitrogen and oxygen atoms in total. The average molecular weight is 241 g/mol. The molecule has 0 saturated heterocycles. The molecule has 0 saturated carbocycles. The fourth-order valence-electron chi connectivity index (χ4n) is 1.60. The van der Waals surface area contributed by atoms with E-state index in [0.717, 1.165) is 0 Å². The molecule has 5 heteroatoms. The zero-order valence-corrected chi connectivity index (χ0v) is 10.7. The van der Waals surface area contributed by atoms with Gasteiger partial charge in [0.15, 0.2) is 0 Å². The second kappa shape index (κ2) is 5.21. The maximum atomic E-state index is 11.5. The number of carbonyl (C=O) groups is 2. The van der Waals surface area contributed by atoms with Gasteiger partial charge in [-0.2, -0.15) is 0 Å². The van der Waals surface area contributed by atoms with Crippen molar-refractivity contribution in [2.45, 2.75) is 45.3 Å². The van der Waals surface area contributed by atoms with E-state index >= 15 is 0 Å². The molecule has 0 unspecified atom stereocenters. The SMILES string of the molecule is COC(=O)C1=CC[C@H](NC(=O)OC(C)(C)C)C1. The zero-order valence-electron chi connectivity index (χ0n) is 10.7. The van der Waals surface area contributed by atoms with Crippen molar-refractivity contribution in [3.8, 4) is 0 Å². The molecule has 1 aliphatic rings. The summed E-state index contributed by atoms with van der Waals surface area (Å²) in [5.74, 6) is -0.335. The number of rotatable bonds is 2. The first-order chi connectivity index (χ1) is 7.81. The van der Waals surface area contributed by atoms with Gasteiger partial charge in [0.1, 0.15) is 5.60 Å². The molecular formula is C12H19NO4. The Kier molecular flexibility index (Phi) is 4.15. The molecule has 96 valence electrons. The Morgan fingerprint density at radius 1 is 1.41 bits per heavy atom. The second-order valence-corrected chi connectivity index (χ2v) is 5.00. The van der Waals surface area contributed by atoms with E-state index in [9.17, 15) is 9.59 Å². The van der Waals surface area contributed by atoms with Crippen LogP contribution in [0, 0.1) is 0 Å². The lowest BCUT2D eigenvalue weighted by Crippen LogP contribution is -2.38. The summed E-state index contributed by atoms with van der Waals surface area (Å²) in [6.07, 6.45) is 2.45. The number of amides is 1. The van der Waals surface area contributed by atoms with E-state index in [2.05, 4.69) is 10.1 Å². The van der Waals surface area contributed by atoms with Gasteiger partial charge in [0.2, 0.25) is 0 Å². The summed E-state index contributed by atoms with van der Waals surface area (Å²) >= 11 is 0. The van der Waals surface area contributed by atoms with E-state index in [0.29, 0.717) is 18.4 Å². The Labute approximate surface area is 101 Å². The smallest absolute Gasteiger partial charge is 0.407 e. The number of methoxy groups -OCH3 is 1. The van der Waals surface area contributed by atoms with Crippen LogP contribution in [0.2, 0.25) is 0 Å². The van der Waals surface area contributed by atoms with Crippen LogP contribution in [0.5, 0.6) is 0 Å². The Morgan fingerprint density at radius 2 is 2.06 bits per heavy atom. The minimum atomic E-state index is -0.513. The standard InChI is InChI=1S/C12H19NO4/c1-12(2,3)17-11(15)13-9-6-5-8(7-9)10(14)16-4/h5,9H,6-7H2,1-4H3,(H,13,15)/t9-/m0/s1. The Hall–Kier alpha value is -1.52. The van der Waals surface area contributed by atoms with Gasteiger partial charge in [0.25, 0.3) is 0 Å². The van der Waals surface area contributed by atoms with E-state index in [4.69, 9.17) is 4.74 Å². The molecule has 0 fully saturated rings. The molecule has 0 spiro atoms. The van der Waals surface area contributed by atoms with E-state index < -0.39 is 11.7 Å². The third-order valence-electron chi connectivity index (χ3n) is 2.28. The highest BCUT2D eigenvalue weighted by Crippen LogP contribution is 2.20. The molecule has 0 aromatic heterocycles. The molecule has 0 heterocycles. The van der Waals surface area contributed by atoms with Crippen LogP contribution in [0.3, 0.4) is 0 Å². The fourth-order valence-corrected chi connectivity index (χ4v) is 1.60. The van der Waals surface area contributed by atoms with Crippen LogP contribution in [0.25, 0.3) is 0 Å². The van der Waals surface area contributed by atoms with Gasteiger partial charge in [-0.05, 0) is 33.6 Å². The molecule has 1 N–H and O–H groups in total. The number of alkyl carbamates (subject to hydrolysis) is 1. The van der Waals surface area contributed by atoms with Crippen LogP contribution in [0.4, 0.5) is 4.79 Å². The molecule has 1 amide bonds. The quantitative estimate of drug-likeness (QED) is 0.748. The van der Waals surface area contributed by atoms with Crippen LogP contribution < -0.4 is 5.32 Å². The normalized spacial score (nSPS) is 19.5. The van der Waals surface area contributed by atoms with E-state index in [1.807, 2.05) is 0 Å². The van der Waals surface area contributed by atoms with Crippen molar-refractivity contribution in [3.05, 3.63) is 11.6 Å². The van der Waals surface area contributed by atoms with Crippen molar-refractivity contribution in [3.63, 3.8) is 0 Å². The molecule has 1 rings (SSSR count). The predicted molar refractivity (Wildman–Crippen MR) is 62.5 cm³/mol. The summed E-state index contributed by atoms with van der Waals surface area (Å²) in [6, 6.07) is -0.0843. The number of hydrogen-bond donors (Lipinski definition) is 1. The van der Waals surface area contributed by atoms with Gasteiger partial charge in [-0.25, -0.2) is 9.59 Å². The average Bonchev–Trinajstić information content (AvgIpc) is 2.62. The van der Waals surface area contributed by atoms with Gasteiger partial charge in [-0.1, -0.05) is 6.08 Å². The third-order valence-corrected chi connectivity index (χ3v) is 2.28. The van der Waals surface area contributed by atoms with E-state index in [1.165, 1.54) is 7.11 Å². The topological polar surface area (TPSA) is 64.6 Å². The molecule has 0 aliphatic heterocycles. The Bertz CT molecular complexity index is 341. The van der Waals surface area contributed by atoms with Crippen LogP contribution in [-0.2, 0) is 14.3 Å². The number of hydrogen-bond acceptors (Lipinski definition) is 4. The summed E-state index contributed by atoms with van der Waals surface area (Å²) in [5, 5.41) is 2.72. The summed E-state index contributed by atoms with van der Waals surface area (Å²) in [5.41, 5.74) is 0.0925. The molecule has 0 radical (unpaired) electrons. The Balaban J connectivity index is 2.38. The maximum Gasteiger partial charge on any atom is 0.407 e. The van der Waals surface area contributed by atoms with E-state index in [1.54, 1.807) is 26.8 Å². The largest absolute Gasteiger partial charge is 0.466 e. The molecule has 17 heavy (non-hydrogen) atoms. The van der Waals surface area contributed by atoms with Crippen LogP contribution in [0.15, 0.2) is 11.6 Å². The predicted octanol–water partition coefficient (Wildman–Crippen LogP) is 1.77. The summed E-state index contributed by atoms with van der Waals surface area (Å²) < 4.78 is 9.75. The van der Waals surface area contributed by atoms with Gasteiger partial charge < -0.3 is 14.8 Å². The number of carbonyl (C=O) groups excluding carboxylic acids is 2. The number of esters is 1. The lowest BCUT2D eigenvalue weighted by molar-refractivity contribution is -0.136. The van der Waals surface area contributed by atoms with Gasteiger partial charge in [-0.15, -0.1) is 0 Å². The first-order valence-corrected chi connectivity index (χ1v) is 5.58. The van der Waals surface area contributed by atoms with Crippen molar-refractivity contribution in [1.82, 2.24) is 5.32 Å². The molecular weight excluding hydrogens is 222 g/mol. The summed E-state index contributed by atoms with van der Waals surface area (Å²) in [4.78, 5) is 22.7. The van der Waals surface area contributed by atoms with Crippen molar-refractivity contribution < 1.29 is 19.1 Å².